The summed E-state index contributed by atoms with van der Waals surface area (Å²) in [6.45, 7) is 5.80. The fourth-order valence-corrected chi connectivity index (χ4v) is 1.24. The minimum atomic E-state index is -0.856. The fraction of sp³-hybridized carbons (Fsp3) is 0.818. The summed E-state index contributed by atoms with van der Waals surface area (Å²) >= 11 is 0. The van der Waals surface area contributed by atoms with Gasteiger partial charge in [-0.2, -0.15) is 0 Å². The lowest BCUT2D eigenvalue weighted by Gasteiger charge is -2.22. The van der Waals surface area contributed by atoms with Crippen LogP contribution in [0.1, 0.15) is 40.0 Å². The van der Waals surface area contributed by atoms with Crippen LogP contribution in [0.3, 0.4) is 0 Å². The van der Waals surface area contributed by atoms with Crippen molar-refractivity contribution in [1.29, 1.82) is 0 Å². The molecule has 0 rings (SSSR count). The Balaban J connectivity index is 4.31. The maximum Gasteiger partial charge on any atom is 0.318 e. The summed E-state index contributed by atoms with van der Waals surface area (Å²) in [6.07, 6.45) is 1.87. The van der Waals surface area contributed by atoms with Crippen molar-refractivity contribution < 1.29 is 14.3 Å². The zero-order valence-corrected chi connectivity index (χ0v) is 10.3. The Labute approximate surface area is 96.5 Å². The maximum absolute atomic E-state index is 11.6. The third-order valence-corrected chi connectivity index (χ3v) is 1.98. The van der Waals surface area contributed by atoms with E-state index in [2.05, 4.69) is 0 Å². The van der Waals surface area contributed by atoms with Crippen molar-refractivity contribution in [1.82, 2.24) is 0 Å². The van der Waals surface area contributed by atoms with E-state index in [9.17, 15) is 9.59 Å². The molecule has 0 saturated heterocycles. The van der Waals surface area contributed by atoms with Gasteiger partial charge < -0.3 is 16.2 Å². The van der Waals surface area contributed by atoms with Gasteiger partial charge in [0.2, 0.25) is 5.91 Å². The summed E-state index contributed by atoms with van der Waals surface area (Å²) in [5.74, 6) is -2.03. The van der Waals surface area contributed by atoms with E-state index in [4.69, 9.17) is 16.2 Å². The first-order valence-corrected chi connectivity index (χ1v) is 5.50. The second kappa shape index (κ2) is 6.48. The maximum atomic E-state index is 11.6. The number of primary amides is 1. The molecule has 0 radical (unpaired) electrons. The molecule has 0 aliphatic heterocycles. The molecule has 1 atom stereocenters. The molecule has 0 heterocycles. The number of hydrogen-bond acceptors (Lipinski definition) is 4. The van der Waals surface area contributed by atoms with E-state index >= 15 is 0 Å². The number of rotatable bonds is 6. The highest BCUT2D eigenvalue weighted by molar-refractivity contribution is 5.97. The lowest BCUT2D eigenvalue weighted by molar-refractivity contribution is -0.162. The molecule has 1 amide bonds. The van der Waals surface area contributed by atoms with Crippen LogP contribution in [-0.2, 0) is 14.3 Å². The second-order valence-electron chi connectivity index (χ2n) is 4.77. The quantitative estimate of drug-likeness (QED) is 0.396. The van der Waals surface area contributed by atoms with Crippen LogP contribution in [0.2, 0.25) is 0 Å². The van der Waals surface area contributed by atoms with E-state index in [1.165, 1.54) is 0 Å². The zero-order valence-electron chi connectivity index (χ0n) is 10.3. The lowest BCUT2D eigenvalue weighted by atomic mass is 10.0. The zero-order chi connectivity index (χ0) is 12.8. The van der Waals surface area contributed by atoms with Crippen molar-refractivity contribution in [2.75, 3.05) is 6.54 Å². The molecule has 5 heteroatoms. The number of amides is 1. The number of ether oxygens (including phenoxy) is 1. The first kappa shape index (κ1) is 14.9. The minimum absolute atomic E-state index is 0.404. The summed E-state index contributed by atoms with van der Waals surface area (Å²) < 4.78 is 5.12. The van der Waals surface area contributed by atoms with Gasteiger partial charge in [-0.25, -0.2) is 0 Å². The predicted octanol–water partition coefficient (Wildman–Crippen LogP) is 0.559. The van der Waals surface area contributed by atoms with Gasteiger partial charge in [-0.3, -0.25) is 9.59 Å². The highest BCUT2D eigenvalue weighted by Crippen LogP contribution is 2.15. The normalized spacial score (nSPS) is 13.2. The molecule has 0 aliphatic carbocycles. The number of nitrogens with two attached hydrogens (primary N) is 2. The summed E-state index contributed by atoms with van der Waals surface area (Å²) in [6, 6.07) is 0. The number of esters is 1. The summed E-state index contributed by atoms with van der Waals surface area (Å²) in [4.78, 5) is 22.8. The van der Waals surface area contributed by atoms with Gasteiger partial charge in [0, 0.05) is 0 Å². The predicted molar refractivity (Wildman–Crippen MR) is 61.4 cm³/mol. The Hall–Kier alpha value is -1.10. The van der Waals surface area contributed by atoms with Crippen LogP contribution in [0.4, 0.5) is 0 Å². The molecule has 0 bridgehead atoms. The summed E-state index contributed by atoms with van der Waals surface area (Å²) in [7, 11) is 0. The number of carbonyl (C=O) groups is 2. The molecule has 16 heavy (non-hydrogen) atoms. The molecule has 0 spiro atoms. The number of hydrogen-bond donors (Lipinski definition) is 2. The van der Waals surface area contributed by atoms with Crippen molar-refractivity contribution in [3.05, 3.63) is 0 Å². The highest BCUT2D eigenvalue weighted by atomic mass is 16.6. The van der Waals surface area contributed by atoms with Gasteiger partial charge in [0.05, 0.1) is 0 Å². The topological polar surface area (TPSA) is 95.4 Å². The molecule has 0 aromatic rings. The van der Waals surface area contributed by atoms with Crippen molar-refractivity contribution in [2.45, 2.75) is 45.6 Å². The number of unbranched alkanes of at least 4 members (excludes halogenated alkanes) is 1. The minimum Gasteiger partial charge on any atom is -0.459 e. The van der Waals surface area contributed by atoms with Crippen molar-refractivity contribution in [2.24, 2.45) is 17.4 Å². The van der Waals surface area contributed by atoms with E-state index in [0.29, 0.717) is 19.4 Å². The average Bonchev–Trinajstić information content (AvgIpc) is 2.08. The Bertz CT molecular complexity index is 246. The van der Waals surface area contributed by atoms with Crippen LogP contribution in [0.15, 0.2) is 0 Å². The first-order chi connectivity index (χ1) is 7.28. The first-order valence-electron chi connectivity index (χ1n) is 5.50. The van der Waals surface area contributed by atoms with E-state index in [0.717, 1.165) is 6.42 Å². The standard InChI is InChI=1S/C11H22N2O3/c1-11(2,3)16-10(15)8(9(13)14)6-4-5-7-12/h8H,4-7,12H2,1-3H3,(H2,13,14). The third kappa shape index (κ3) is 6.40. The summed E-state index contributed by atoms with van der Waals surface area (Å²) in [5.41, 5.74) is 9.91. The molecule has 1 unspecified atom stereocenters. The van der Waals surface area contributed by atoms with Gasteiger partial charge >= 0.3 is 5.97 Å². The molecule has 4 N–H and O–H groups in total. The third-order valence-electron chi connectivity index (χ3n) is 1.98. The Kier molecular flexibility index (Phi) is 6.03. The molecule has 0 fully saturated rings. The largest absolute Gasteiger partial charge is 0.459 e. The van der Waals surface area contributed by atoms with Crippen LogP contribution in [0.25, 0.3) is 0 Å². The van der Waals surface area contributed by atoms with Gasteiger partial charge in [0.15, 0.2) is 0 Å². The number of carbonyl (C=O) groups excluding carboxylic acids is 2. The van der Waals surface area contributed by atoms with Crippen molar-refractivity contribution >= 4 is 11.9 Å². The van der Waals surface area contributed by atoms with Crippen LogP contribution >= 0.6 is 0 Å². The van der Waals surface area contributed by atoms with Crippen LogP contribution in [0, 0.1) is 5.92 Å². The van der Waals surface area contributed by atoms with E-state index in [1.54, 1.807) is 20.8 Å². The van der Waals surface area contributed by atoms with Crippen LogP contribution in [-0.4, -0.2) is 24.0 Å². The fourth-order valence-electron chi connectivity index (χ4n) is 1.24. The summed E-state index contributed by atoms with van der Waals surface area (Å²) in [5, 5.41) is 0. The van der Waals surface area contributed by atoms with Crippen LogP contribution < -0.4 is 11.5 Å². The van der Waals surface area contributed by atoms with Crippen LogP contribution in [0.5, 0.6) is 0 Å². The molecule has 5 nitrogen and oxygen atoms in total. The Morgan fingerprint density at radius 1 is 1.25 bits per heavy atom. The second-order valence-corrected chi connectivity index (χ2v) is 4.77. The van der Waals surface area contributed by atoms with E-state index in [1.807, 2.05) is 0 Å². The van der Waals surface area contributed by atoms with E-state index in [-0.39, 0.29) is 0 Å². The smallest absolute Gasteiger partial charge is 0.318 e. The molecule has 94 valence electrons. The average molecular weight is 230 g/mol. The van der Waals surface area contributed by atoms with Gasteiger partial charge in [-0.15, -0.1) is 0 Å². The van der Waals surface area contributed by atoms with Gasteiger partial charge in [-0.05, 0) is 40.2 Å². The molecule has 0 aliphatic rings. The SMILES string of the molecule is CC(C)(C)OC(=O)C(CCCCN)C(N)=O. The van der Waals surface area contributed by atoms with Gasteiger partial charge in [-0.1, -0.05) is 6.42 Å². The van der Waals surface area contributed by atoms with E-state index < -0.39 is 23.4 Å². The Morgan fingerprint density at radius 3 is 2.19 bits per heavy atom. The van der Waals surface area contributed by atoms with Crippen molar-refractivity contribution in [3.8, 4) is 0 Å². The van der Waals surface area contributed by atoms with Gasteiger partial charge in [0.25, 0.3) is 0 Å². The Morgan fingerprint density at radius 2 is 1.81 bits per heavy atom. The van der Waals surface area contributed by atoms with Gasteiger partial charge in [0.1, 0.15) is 11.5 Å². The lowest BCUT2D eigenvalue weighted by Crippen LogP contribution is -2.36. The highest BCUT2D eigenvalue weighted by Gasteiger charge is 2.28. The molecular formula is C11H22N2O3. The molecular weight excluding hydrogens is 208 g/mol. The van der Waals surface area contributed by atoms with Crippen molar-refractivity contribution in [3.63, 3.8) is 0 Å². The molecule has 0 aromatic carbocycles. The molecule has 0 saturated carbocycles. The monoisotopic (exact) mass is 230 g/mol. The molecule has 0 aromatic heterocycles.